The van der Waals surface area contributed by atoms with E-state index in [0.717, 1.165) is 17.7 Å². The van der Waals surface area contributed by atoms with Gasteiger partial charge in [-0.15, -0.1) is 0 Å². The number of ketones is 1. The maximum atomic E-state index is 12.3. The Hall–Kier alpha value is -2.16. The van der Waals surface area contributed by atoms with Gasteiger partial charge in [-0.1, -0.05) is 19.1 Å². The molecule has 104 valence electrons. The van der Waals surface area contributed by atoms with Crippen molar-refractivity contribution in [1.82, 2.24) is 4.98 Å². The first kappa shape index (κ1) is 14.3. The van der Waals surface area contributed by atoms with Gasteiger partial charge in [0.1, 0.15) is 5.75 Å². The van der Waals surface area contributed by atoms with E-state index in [0.29, 0.717) is 17.7 Å². The van der Waals surface area contributed by atoms with E-state index in [1.165, 1.54) is 5.56 Å². The van der Waals surface area contributed by atoms with Crippen LogP contribution in [0.2, 0.25) is 0 Å². The van der Waals surface area contributed by atoms with Crippen LogP contribution >= 0.6 is 0 Å². The molecule has 0 bridgehead atoms. The second-order valence-electron chi connectivity index (χ2n) is 4.82. The minimum Gasteiger partial charge on any atom is -0.496 e. The largest absolute Gasteiger partial charge is 0.496 e. The van der Waals surface area contributed by atoms with Gasteiger partial charge >= 0.3 is 0 Å². The van der Waals surface area contributed by atoms with Crippen LogP contribution < -0.4 is 4.74 Å². The van der Waals surface area contributed by atoms with Gasteiger partial charge in [-0.3, -0.25) is 9.78 Å². The molecule has 0 fully saturated rings. The number of carbonyl (C=O) groups excluding carboxylic acids is 1. The highest BCUT2D eigenvalue weighted by molar-refractivity contribution is 5.99. The maximum absolute atomic E-state index is 12.3. The van der Waals surface area contributed by atoms with Gasteiger partial charge in [-0.25, -0.2) is 0 Å². The second-order valence-corrected chi connectivity index (χ2v) is 4.82. The number of carbonyl (C=O) groups is 1. The van der Waals surface area contributed by atoms with Crippen LogP contribution in [0.1, 0.15) is 34.1 Å². The highest BCUT2D eigenvalue weighted by Gasteiger charge is 2.13. The van der Waals surface area contributed by atoms with Crippen LogP contribution in [0, 0.1) is 6.92 Å². The molecule has 3 nitrogen and oxygen atoms in total. The quantitative estimate of drug-likeness (QED) is 0.781. The summed E-state index contributed by atoms with van der Waals surface area (Å²) in [5.74, 6) is 0.652. The molecule has 0 atom stereocenters. The van der Waals surface area contributed by atoms with Crippen LogP contribution in [0.4, 0.5) is 0 Å². The van der Waals surface area contributed by atoms with E-state index in [1.54, 1.807) is 7.11 Å². The average Bonchev–Trinajstić information content (AvgIpc) is 2.47. The summed E-state index contributed by atoms with van der Waals surface area (Å²) in [6.45, 7) is 4.06. The molecule has 0 unspecified atom stereocenters. The first-order valence-corrected chi connectivity index (χ1v) is 6.75. The lowest BCUT2D eigenvalue weighted by Gasteiger charge is -2.08. The predicted molar refractivity (Wildman–Crippen MR) is 79.4 cm³/mol. The Kier molecular flexibility index (Phi) is 4.51. The fourth-order valence-corrected chi connectivity index (χ4v) is 2.06. The Morgan fingerprint density at radius 2 is 2.05 bits per heavy atom. The number of rotatable bonds is 5. The standard InChI is InChI=1S/C17H19NO2/c1-4-13-6-7-14(18-11-13)10-16(19)15-8-5-12(2)9-17(15)20-3/h5-9,11H,4,10H2,1-3H3. The predicted octanol–water partition coefficient (Wildman–Crippen LogP) is 3.39. The zero-order valence-corrected chi connectivity index (χ0v) is 12.1. The molecule has 1 aromatic carbocycles. The zero-order chi connectivity index (χ0) is 14.5. The SMILES string of the molecule is CCc1ccc(CC(=O)c2ccc(C)cc2OC)nc1. The highest BCUT2D eigenvalue weighted by atomic mass is 16.5. The number of Topliss-reactive ketones (excluding diaryl/α,β-unsaturated/α-hetero) is 1. The topological polar surface area (TPSA) is 39.2 Å². The van der Waals surface area contributed by atoms with Crippen molar-refractivity contribution in [3.63, 3.8) is 0 Å². The molecular formula is C17H19NO2. The van der Waals surface area contributed by atoms with Crippen molar-refractivity contribution >= 4 is 5.78 Å². The fourth-order valence-electron chi connectivity index (χ4n) is 2.06. The lowest BCUT2D eigenvalue weighted by Crippen LogP contribution is -2.07. The number of nitrogens with zero attached hydrogens (tertiary/aromatic N) is 1. The van der Waals surface area contributed by atoms with Gasteiger partial charge in [0, 0.05) is 11.9 Å². The third-order valence-electron chi connectivity index (χ3n) is 3.29. The van der Waals surface area contributed by atoms with Gasteiger partial charge in [0.2, 0.25) is 0 Å². The summed E-state index contributed by atoms with van der Waals surface area (Å²) < 4.78 is 5.28. The second kappa shape index (κ2) is 6.33. The molecule has 0 N–H and O–H groups in total. The Labute approximate surface area is 119 Å². The van der Waals surface area contributed by atoms with Crippen molar-refractivity contribution in [2.24, 2.45) is 0 Å². The number of pyridine rings is 1. The molecular weight excluding hydrogens is 250 g/mol. The van der Waals surface area contributed by atoms with E-state index in [-0.39, 0.29) is 5.78 Å². The van der Waals surface area contributed by atoms with Crippen LogP contribution in [0.25, 0.3) is 0 Å². The summed E-state index contributed by atoms with van der Waals surface area (Å²) in [4.78, 5) is 16.7. The molecule has 1 heterocycles. The van der Waals surface area contributed by atoms with E-state index in [4.69, 9.17) is 4.74 Å². The normalized spacial score (nSPS) is 10.3. The minimum atomic E-state index is 0.0265. The Morgan fingerprint density at radius 1 is 1.25 bits per heavy atom. The summed E-state index contributed by atoms with van der Waals surface area (Å²) in [5, 5.41) is 0. The van der Waals surface area contributed by atoms with Crippen LogP contribution in [0.3, 0.4) is 0 Å². The van der Waals surface area contributed by atoms with Gasteiger partial charge in [-0.05, 0) is 42.7 Å². The smallest absolute Gasteiger partial charge is 0.172 e. The van der Waals surface area contributed by atoms with Crippen molar-refractivity contribution in [2.45, 2.75) is 26.7 Å². The molecule has 0 aliphatic heterocycles. The first-order chi connectivity index (χ1) is 9.63. The number of methoxy groups -OCH3 is 1. The zero-order valence-electron chi connectivity index (χ0n) is 12.1. The molecule has 0 radical (unpaired) electrons. The Balaban J connectivity index is 2.19. The number of aromatic nitrogens is 1. The molecule has 0 saturated carbocycles. The van der Waals surface area contributed by atoms with Crippen molar-refractivity contribution in [1.29, 1.82) is 0 Å². The lowest BCUT2D eigenvalue weighted by atomic mass is 10.0. The molecule has 20 heavy (non-hydrogen) atoms. The van der Waals surface area contributed by atoms with Crippen molar-refractivity contribution in [3.8, 4) is 5.75 Å². The summed E-state index contributed by atoms with van der Waals surface area (Å²) in [6.07, 6.45) is 3.07. The third-order valence-corrected chi connectivity index (χ3v) is 3.29. The molecule has 0 spiro atoms. The van der Waals surface area contributed by atoms with Crippen LogP contribution in [0.5, 0.6) is 5.75 Å². The molecule has 0 saturated heterocycles. The Morgan fingerprint density at radius 3 is 2.65 bits per heavy atom. The number of benzene rings is 1. The summed E-state index contributed by atoms with van der Waals surface area (Å²) >= 11 is 0. The van der Waals surface area contributed by atoms with E-state index in [9.17, 15) is 4.79 Å². The van der Waals surface area contributed by atoms with E-state index in [1.807, 2.05) is 43.5 Å². The molecule has 3 heteroatoms. The fraction of sp³-hybridized carbons (Fsp3) is 0.294. The van der Waals surface area contributed by atoms with E-state index in [2.05, 4.69) is 11.9 Å². The van der Waals surface area contributed by atoms with Crippen molar-refractivity contribution < 1.29 is 9.53 Å². The van der Waals surface area contributed by atoms with E-state index < -0.39 is 0 Å². The van der Waals surface area contributed by atoms with Gasteiger partial charge < -0.3 is 4.74 Å². The van der Waals surface area contributed by atoms with E-state index >= 15 is 0 Å². The van der Waals surface area contributed by atoms with Crippen LogP contribution in [-0.4, -0.2) is 17.9 Å². The third kappa shape index (κ3) is 3.23. The number of hydrogen-bond donors (Lipinski definition) is 0. The monoisotopic (exact) mass is 269 g/mol. The van der Waals surface area contributed by atoms with Gasteiger partial charge in [0.15, 0.2) is 5.78 Å². The molecule has 0 aliphatic carbocycles. The van der Waals surface area contributed by atoms with Gasteiger partial charge in [0.25, 0.3) is 0 Å². The van der Waals surface area contributed by atoms with Gasteiger partial charge in [0.05, 0.1) is 19.1 Å². The van der Waals surface area contributed by atoms with Crippen LogP contribution in [0.15, 0.2) is 36.5 Å². The number of ether oxygens (including phenoxy) is 1. The summed E-state index contributed by atoms with van der Waals surface area (Å²) in [6, 6.07) is 9.54. The molecule has 2 aromatic rings. The minimum absolute atomic E-state index is 0.0265. The average molecular weight is 269 g/mol. The Bertz CT molecular complexity index is 603. The molecule has 2 rings (SSSR count). The van der Waals surface area contributed by atoms with Crippen LogP contribution in [-0.2, 0) is 12.8 Å². The maximum Gasteiger partial charge on any atom is 0.172 e. The summed E-state index contributed by atoms with van der Waals surface area (Å²) in [5.41, 5.74) is 3.65. The summed E-state index contributed by atoms with van der Waals surface area (Å²) in [7, 11) is 1.58. The van der Waals surface area contributed by atoms with Gasteiger partial charge in [-0.2, -0.15) is 0 Å². The highest BCUT2D eigenvalue weighted by Crippen LogP contribution is 2.21. The van der Waals surface area contributed by atoms with Crippen molar-refractivity contribution in [3.05, 3.63) is 58.9 Å². The van der Waals surface area contributed by atoms with Crippen molar-refractivity contribution in [2.75, 3.05) is 7.11 Å². The molecule has 1 aromatic heterocycles. The molecule has 0 aliphatic rings. The lowest BCUT2D eigenvalue weighted by molar-refractivity contribution is 0.0989. The number of hydrogen-bond acceptors (Lipinski definition) is 3. The molecule has 0 amide bonds. The number of aryl methyl sites for hydroxylation is 2. The first-order valence-electron chi connectivity index (χ1n) is 6.75.